The van der Waals surface area contributed by atoms with Crippen molar-refractivity contribution in [3.05, 3.63) is 63.1 Å². The zero-order valence-electron chi connectivity index (χ0n) is 19.8. The molecule has 0 saturated carbocycles. The standard InChI is InChI=1S/C26H31BrClN3O4/c1-2-3-4-5-6-7-8-9-24(32)29-18-25(33)31-30-17-20-16-21(27)12-15-23(20)35-26(34)19-10-13-22(28)14-11-19/h10-17H,2-9,18H2,1H3,(H,29,32)(H,31,33). The van der Waals surface area contributed by atoms with Gasteiger partial charge in [-0.2, -0.15) is 5.10 Å². The number of amides is 2. The molecule has 0 aliphatic carbocycles. The Morgan fingerprint density at radius 1 is 0.971 bits per heavy atom. The topological polar surface area (TPSA) is 96.9 Å². The maximum Gasteiger partial charge on any atom is 0.343 e. The minimum absolute atomic E-state index is 0.152. The average molecular weight is 565 g/mol. The predicted octanol–water partition coefficient (Wildman–Crippen LogP) is 6.03. The predicted molar refractivity (Wildman–Crippen MR) is 142 cm³/mol. The molecule has 9 heteroatoms. The van der Waals surface area contributed by atoms with Crippen molar-refractivity contribution < 1.29 is 19.1 Å². The summed E-state index contributed by atoms with van der Waals surface area (Å²) >= 11 is 9.22. The van der Waals surface area contributed by atoms with Crippen molar-refractivity contribution in [2.45, 2.75) is 58.3 Å². The Morgan fingerprint density at radius 2 is 1.66 bits per heavy atom. The summed E-state index contributed by atoms with van der Waals surface area (Å²) in [5.41, 5.74) is 3.19. The first-order valence-electron chi connectivity index (χ1n) is 11.7. The Hall–Kier alpha value is -2.71. The summed E-state index contributed by atoms with van der Waals surface area (Å²) in [6.45, 7) is 2.02. The molecule has 0 bridgehead atoms. The summed E-state index contributed by atoms with van der Waals surface area (Å²) in [4.78, 5) is 36.3. The molecule has 2 amide bonds. The molecule has 2 aromatic carbocycles. The molecule has 0 aliphatic heterocycles. The van der Waals surface area contributed by atoms with Crippen LogP contribution in [-0.2, 0) is 9.59 Å². The van der Waals surface area contributed by atoms with Gasteiger partial charge < -0.3 is 10.1 Å². The molecular weight excluding hydrogens is 534 g/mol. The zero-order chi connectivity index (χ0) is 25.5. The second-order valence-electron chi connectivity index (χ2n) is 8.02. The first-order valence-corrected chi connectivity index (χ1v) is 12.9. The lowest BCUT2D eigenvalue weighted by atomic mass is 10.1. The number of hydrogen-bond acceptors (Lipinski definition) is 5. The van der Waals surface area contributed by atoms with E-state index < -0.39 is 11.9 Å². The van der Waals surface area contributed by atoms with E-state index in [-0.39, 0.29) is 18.2 Å². The van der Waals surface area contributed by atoms with Crippen LogP contribution >= 0.6 is 27.5 Å². The number of benzene rings is 2. The van der Waals surface area contributed by atoms with Crippen LogP contribution in [0.5, 0.6) is 5.75 Å². The third kappa shape index (κ3) is 11.5. The molecule has 2 aromatic rings. The van der Waals surface area contributed by atoms with E-state index in [9.17, 15) is 14.4 Å². The summed E-state index contributed by atoms with van der Waals surface area (Å²) in [6.07, 6.45) is 9.67. The summed E-state index contributed by atoms with van der Waals surface area (Å²) in [7, 11) is 0. The third-order valence-electron chi connectivity index (χ3n) is 5.10. The largest absolute Gasteiger partial charge is 0.422 e. The van der Waals surface area contributed by atoms with Gasteiger partial charge in [0.05, 0.1) is 18.3 Å². The van der Waals surface area contributed by atoms with Crippen molar-refractivity contribution in [1.82, 2.24) is 10.7 Å². The molecule has 0 saturated heterocycles. The van der Waals surface area contributed by atoms with E-state index in [1.54, 1.807) is 42.5 Å². The number of esters is 1. The maximum absolute atomic E-state index is 12.4. The number of nitrogens with zero attached hydrogens (tertiary/aromatic N) is 1. The highest BCUT2D eigenvalue weighted by molar-refractivity contribution is 9.10. The van der Waals surface area contributed by atoms with Crippen molar-refractivity contribution in [1.29, 1.82) is 0 Å². The molecule has 2 rings (SSSR count). The number of unbranched alkanes of at least 4 members (excludes halogenated alkanes) is 6. The van der Waals surface area contributed by atoms with Gasteiger partial charge in [0.1, 0.15) is 5.75 Å². The van der Waals surface area contributed by atoms with Crippen LogP contribution in [0.1, 0.15) is 74.2 Å². The number of ether oxygens (including phenoxy) is 1. The molecule has 7 nitrogen and oxygen atoms in total. The third-order valence-corrected chi connectivity index (χ3v) is 5.85. The summed E-state index contributed by atoms with van der Waals surface area (Å²) in [6, 6.07) is 11.4. The fourth-order valence-electron chi connectivity index (χ4n) is 3.18. The van der Waals surface area contributed by atoms with Crippen LogP contribution in [-0.4, -0.2) is 30.5 Å². The fourth-order valence-corrected chi connectivity index (χ4v) is 3.69. The molecule has 0 radical (unpaired) electrons. The quantitative estimate of drug-likeness (QED) is 0.0963. The number of carbonyl (C=O) groups excluding carboxylic acids is 3. The SMILES string of the molecule is CCCCCCCCCC(=O)NCC(=O)NN=Cc1cc(Br)ccc1OC(=O)c1ccc(Cl)cc1. The highest BCUT2D eigenvalue weighted by Gasteiger charge is 2.12. The number of hydrazone groups is 1. The Balaban J connectivity index is 1.78. The molecule has 0 aromatic heterocycles. The van der Waals surface area contributed by atoms with Gasteiger partial charge in [0.25, 0.3) is 5.91 Å². The molecule has 0 spiro atoms. The van der Waals surface area contributed by atoms with E-state index in [1.807, 2.05) is 0 Å². The molecule has 0 fully saturated rings. The van der Waals surface area contributed by atoms with E-state index in [0.29, 0.717) is 22.6 Å². The van der Waals surface area contributed by atoms with Crippen LogP contribution in [0.25, 0.3) is 0 Å². The molecule has 0 aliphatic rings. The Morgan fingerprint density at radius 3 is 2.37 bits per heavy atom. The molecule has 188 valence electrons. The van der Waals surface area contributed by atoms with Crippen molar-refractivity contribution >= 4 is 51.5 Å². The van der Waals surface area contributed by atoms with Crippen LogP contribution in [0.15, 0.2) is 52.0 Å². The van der Waals surface area contributed by atoms with Crippen LogP contribution in [0.2, 0.25) is 5.02 Å². The van der Waals surface area contributed by atoms with Crippen molar-refractivity contribution in [3.63, 3.8) is 0 Å². The van der Waals surface area contributed by atoms with Gasteiger partial charge in [-0.15, -0.1) is 0 Å². The minimum atomic E-state index is -0.550. The second kappa shape index (κ2) is 16.1. The van der Waals surface area contributed by atoms with Gasteiger partial charge in [0, 0.05) is 21.5 Å². The lowest BCUT2D eigenvalue weighted by Crippen LogP contribution is -2.34. The van der Waals surface area contributed by atoms with Crippen LogP contribution in [0.3, 0.4) is 0 Å². The molecule has 0 heterocycles. The van der Waals surface area contributed by atoms with Crippen LogP contribution < -0.4 is 15.5 Å². The zero-order valence-corrected chi connectivity index (χ0v) is 22.2. The molecule has 0 atom stereocenters. The van der Waals surface area contributed by atoms with Crippen molar-refractivity contribution in [2.24, 2.45) is 5.10 Å². The second-order valence-corrected chi connectivity index (χ2v) is 9.37. The van der Waals surface area contributed by atoms with Crippen LogP contribution in [0, 0.1) is 0 Å². The fraction of sp³-hybridized carbons (Fsp3) is 0.385. The smallest absolute Gasteiger partial charge is 0.343 e. The summed E-state index contributed by atoms with van der Waals surface area (Å²) in [5, 5.41) is 7.03. The van der Waals surface area contributed by atoms with Gasteiger partial charge in [0.15, 0.2) is 0 Å². The number of carbonyl (C=O) groups is 3. The summed E-state index contributed by atoms with van der Waals surface area (Å²) < 4.78 is 6.22. The van der Waals surface area contributed by atoms with E-state index in [1.165, 1.54) is 31.9 Å². The van der Waals surface area contributed by atoms with E-state index in [0.717, 1.165) is 23.7 Å². The normalized spacial score (nSPS) is 10.8. The average Bonchev–Trinajstić information content (AvgIpc) is 2.84. The van der Waals surface area contributed by atoms with Crippen LogP contribution in [0.4, 0.5) is 0 Å². The van der Waals surface area contributed by atoms with Gasteiger partial charge in [-0.3, -0.25) is 9.59 Å². The molecular formula is C26H31BrClN3O4. The molecule has 0 unspecified atom stereocenters. The number of rotatable bonds is 14. The lowest BCUT2D eigenvalue weighted by Gasteiger charge is -2.08. The Kier molecular flexibility index (Phi) is 13.1. The number of hydrogen-bond donors (Lipinski definition) is 2. The first kappa shape index (κ1) is 28.5. The number of halogens is 2. The maximum atomic E-state index is 12.4. The van der Waals surface area contributed by atoms with Gasteiger partial charge in [-0.05, 0) is 48.9 Å². The van der Waals surface area contributed by atoms with Crippen molar-refractivity contribution in [2.75, 3.05) is 6.54 Å². The molecule has 2 N–H and O–H groups in total. The van der Waals surface area contributed by atoms with E-state index in [2.05, 4.69) is 38.7 Å². The van der Waals surface area contributed by atoms with E-state index in [4.69, 9.17) is 16.3 Å². The van der Waals surface area contributed by atoms with Gasteiger partial charge in [-0.1, -0.05) is 73.0 Å². The monoisotopic (exact) mass is 563 g/mol. The highest BCUT2D eigenvalue weighted by Crippen LogP contribution is 2.23. The highest BCUT2D eigenvalue weighted by atomic mass is 79.9. The van der Waals surface area contributed by atoms with Gasteiger partial charge in [0.2, 0.25) is 5.91 Å². The lowest BCUT2D eigenvalue weighted by molar-refractivity contribution is -0.126. The van der Waals surface area contributed by atoms with Gasteiger partial charge >= 0.3 is 5.97 Å². The Labute approximate surface area is 219 Å². The summed E-state index contributed by atoms with van der Waals surface area (Å²) in [5.74, 6) is -0.884. The van der Waals surface area contributed by atoms with E-state index >= 15 is 0 Å². The first-order chi connectivity index (χ1) is 16.9. The minimum Gasteiger partial charge on any atom is -0.422 e. The Bertz CT molecular complexity index is 1010. The van der Waals surface area contributed by atoms with Crippen molar-refractivity contribution in [3.8, 4) is 5.75 Å². The molecule has 35 heavy (non-hydrogen) atoms. The van der Waals surface area contributed by atoms with Gasteiger partial charge in [-0.25, -0.2) is 10.2 Å². The number of nitrogens with one attached hydrogen (secondary N) is 2.